The number of allylic oxidation sites excluding steroid dienone is 2. The van der Waals surface area contributed by atoms with E-state index in [2.05, 4.69) is 16.5 Å². The summed E-state index contributed by atoms with van der Waals surface area (Å²) in [7, 11) is 0. The van der Waals surface area contributed by atoms with Gasteiger partial charge >= 0.3 is 0 Å². The molecule has 1 aromatic heterocycles. The van der Waals surface area contributed by atoms with Crippen molar-refractivity contribution in [2.75, 3.05) is 0 Å². The molecule has 0 unspecified atom stereocenters. The molecule has 3 heteroatoms. The highest BCUT2D eigenvalue weighted by atomic mass is 14.9. The van der Waals surface area contributed by atoms with Gasteiger partial charge in [-0.15, -0.1) is 0 Å². The van der Waals surface area contributed by atoms with Gasteiger partial charge in [0.05, 0.1) is 23.2 Å². The molecule has 0 aliphatic rings. The van der Waals surface area contributed by atoms with Gasteiger partial charge in [0.2, 0.25) is 0 Å². The maximum atomic E-state index is 8.44. The minimum atomic E-state index is 0.298. The van der Waals surface area contributed by atoms with Crippen LogP contribution in [0.15, 0.2) is 12.2 Å². The quantitative estimate of drug-likeness (QED) is 0.852. The molecule has 0 aliphatic carbocycles. The number of hydrogen-bond donors (Lipinski definition) is 1. The summed E-state index contributed by atoms with van der Waals surface area (Å²) < 4.78 is 0. The first-order valence-corrected chi connectivity index (χ1v) is 6.01. The largest absolute Gasteiger partial charge is 0.342 e. The molecule has 17 heavy (non-hydrogen) atoms. The molecular weight excluding hydrogens is 210 g/mol. The second-order valence-corrected chi connectivity index (χ2v) is 2.57. The normalized spacial score (nSPS) is 10.0. The van der Waals surface area contributed by atoms with E-state index in [1.54, 1.807) is 0 Å². The van der Waals surface area contributed by atoms with Crippen LogP contribution in [-0.4, -0.2) is 9.97 Å². The lowest BCUT2D eigenvalue weighted by Crippen LogP contribution is -2.21. The van der Waals surface area contributed by atoms with Crippen molar-refractivity contribution in [2.45, 2.75) is 41.0 Å². The van der Waals surface area contributed by atoms with Crippen LogP contribution in [0.4, 0.5) is 0 Å². The zero-order chi connectivity index (χ0) is 13.7. The minimum Gasteiger partial charge on any atom is -0.342 e. The topological polar surface area (TPSA) is 52.5 Å². The summed E-state index contributed by atoms with van der Waals surface area (Å²) in [5.74, 6) is 0.670. The van der Waals surface area contributed by atoms with Gasteiger partial charge in [0.1, 0.15) is 5.82 Å². The van der Waals surface area contributed by atoms with Crippen molar-refractivity contribution >= 4 is 12.7 Å². The number of H-pyrrole nitrogens is 1. The summed E-state index contributed by atoms with van der Waals surface area (Å²) in [5.41, 5.74) is 0. The minimum absolute atomic E-state index is 0.298. The maximum absolute atomic E-state index is 8.44. The third kappa shape index (κ3) is 7.13. The molecule has 1 heterocycles. The Morgan fingerprint density at radius 2 is 1.94 bits per heavy atom. The summed E-state index contributed by atoms with van der Waals surface area (Å²) in [6.45, 7) is 13.7. The summed E-state index contributed by atoms with van der Waals surface area (Å²) in [6.07, 6.45) is 5.96. The molecule has 0 atom stereocenters. The molecule has 0 radical (unpaired) electrons. The zero-order valence-corrected chi connectivity index (χ0v) is 11.5. The predicted octanol–water partition coefficient (Wildman–Crippen LogP) is 2.30. The molecule has 0 amide bonds. The van der Waals surface area contributed by atoms with Gasteiger partial charge in [-0.05, 0) is 13.0 Å². The van der Waals surface area contributed by atoms with Crippen LogP contribution in [0.25, 0.3) is 12.7 Å². The molecule has 0 spiro atoms. The van der Waals surface area contributed by atoms with Crippen molar-refractivity contribution in [3.05, 3.63) is 28.7 Å². The molecule has 3 nitrogen and oxygen atoms in total. The van der Waals surface area contributed by atoms with Gasteiger partial charge in [-0.25, -0.2) is 4.98 Å². The van der Waals surface area contributed by atoms with Crippen molar-refractivity contribution in [3.63, 3.8) is 0 Å². The van der Waals surface area contributed by atoms with Crippen LogP contribution in [-0.2, 0) is 6.42 Å². The van der Waals surface area contributed by atoms with E-state index in [1.807, 2.05) is 58.9 Å². The second kappa shape index (κ2) is 12.3. The Morgan fingerprint density at radius 1 is 1.35 bits per heavy atom. The Bertz CT molecular complexity index is 447. The van der Waals surface area contributed by atoms with Gasteiger partial charge < -0.3 is 4.98 Å². The third-order valence-corrected chi connectivity index (χ3v) is 1.55. The van der Waals surface area contributed by atoms with Gasteiger partial charge in [0.25, 0.3) is 0 Å². The summed E-state index contributed by atoms with van der Waals surface area (Å²) in [6, 6.07) is 2.03. The van der Waals surface area contributed by atoms with Crippen LogP contribution in [0, 0.1) is 11.3 Å². The smallest absolute Gasteiger partial charge is 0.121 e. The molecule has 1 rings (SSSR count). The first-order valence-electron chi connectivity index (χ1n) is 6.01. The maximum Gasteiger partial charge on any atom is 0.121 e. The van der Waals surface area contributed by atoms with Crippen LogP contribution in [0.1, 0.15) is 40.4 Å². The van der Waals surface area contributed by atoms with Gasteiger partial charge in [0.15, 0.2) is 0 Å². The fourth-order valence-electron chi connectivity index (χ4n) is 0.963. The average Bonchev–Trinajstić information content (AvgIpc) is 2.73. The summed E-state index contributed by atoms with van der Waals surface area (Å²) in [4.78, 5) is 7.13. The Hall–Kier alpha value is -1.82. The number of nitriles is 1. The highest BCUT2D eigenvalue weighted by Gasteiger charge is 1.94. The number of imidazole rings is 1. The van der Waals surface area contributed by atoms with E-state index >= 15 is 0 Å². The SMILES string of the molecule is C=c1[nH]c(CC#N)n/c1=C/C=C\C.CC.CC. The summed E-state index contributed by atoms with van der Waals surface area (Å²) in [5, 5.41) is 9.99. The van der Waals surface area contributed by atoms with E-state index in [4.69, 9.17) is 5.26 Å². The summed E-state index contributed by atoms with van der Waals surface area (Å²) >= 11 is 0. The number of nitrogens with zero attached hydrogens (tertiary/aromatic N) is 2. The first-order chi connectivity index (χ1) is 8.27. The fourth-order valence-corrected chi connectivity index (χ4v) is 0.963. The van der Waals surface area contributed by atoms with Gasteiger partial charge in [-0.1, -0.05) is 46.4 Å². The monoisotopic (exact) mass is 233 g/mol. The molecule has 0 fully saturated rings. The van der Waals surface area contributed by atoms with Crippen molar-refractivity contribution in [1.82, 2.24) is 9.97 Å². The van der Waals surface area contributed by atoms with E-state index in [1.165, 1.54) is 0 Å². The highest BCUT2D eigenvalue weighted by molar-refractivity contribution is 5.34. The van der Waals surface area contributed by atoms with Crippen LogP contribution >= 0.6 is 0 Å². The molecule has 94 valence electrons. The van der Waals surface area contributed by atoms with Crippen LogP contribution in [0.5, 0.6) is 0 Å². The molecule has 0 bridgehead atoms. The number of hydrogen-bond acceptors (Lipinski definition) is 2. The Kier molecular flexibility index (Phi) is 12.7. The molecule has 0 aromatic carbocycles. The van der Waals surface area contributed by atoms with Crippen molar-refractivity contribution in [2.24, 2.45) is 0 Å². The number of aromatic nitrogens is 2. The first kappa shape index (κ1) is 17.6. The number of aromatic amines is 1. The van der Waals surface area contributed by atoms with Crippen LogP contribution in [0.3, 0.4) is 0 Å². The van der Waals surface area contributed by atoms with E-state index < -0.39 is 0 Å². The molecule has 0 saturated carbocycles. The lowest BCUT2D eigenvalue weighted by molar-refractivity contribution is 1.05. The van der Waals surface area contributed by atoms with Crippen molar-refractivity contribution in [3.8, 4) is 6.07 Å². The van der Waals surface area contributed by atoms with Gasteiger partial charge in [-0.3, -0.25) is 0 Å². The van der Waals surface area contributed by atoms with Crippen LogP contribution in [0.2, 0.25) is 0 Å². The highest BCUT2D eigenvalue weighted by Crippen LogP contribution is 1.80. The lowest BCUT2D eigenvalue weighted by atomic mass is 10.4. The molecule has 0 saturated heterocycles. The predicted molar refractivity (Wildman–Crippen MR) is 74.7 cm³/mol. The molecular formula is C14H23N3. The number of rotatable bonds is 2. The van der Waals surface area contributed by atoms with Gasteiger partial charge in [0, 0.05) is 0 Å². The molecule has 1 N–H and O–H groups in total. The lowest BCUT2D eigenvalue weighted by Gasteiger charge is -1.78. The molecule has 1 aromatic rings. The Balaban J connectivity index is 0. The Morgan fingerprint density at radius 3 is 2.41 bits per heavy atom. The molecule has 0 aliphatic heterocycles. The fraction of sp³-hybridized carbons (Fsp3) is 0.429. The van der Waals surface area contributed by atoms with Crippen molar-refractivity contribution < 1.29 is 0 Å². The van der Waals surface area contributed by atoms with E-state index in [0.717, 1.165) is 10.7 Å². The van der Waals surface area contributed by atoms with Gasteiger partial charge in [-0.2, -0.15) is 5.26 Å². The van der Waals surface area contributed by atoms with E-state index in [9.17, 15) is 0 Å². The average molecular weight is 233 g/mol. The number of nitrogens with one attached hydrogen (secondary N) is 1. The standard InChI is InChI=1S/C10H11N3.2C2H6/c1-3-4-5-9-8(2)12-10(13-9)6-7-11;2*1-2/h3-5H,2,6H2,1H3,(H,12,13);2*1-2H3/b4-3-,9-5+;;. The Labute approximate surface area is 104 Å². The second-order valence-electron chi connectivity index (χ2n) is 2.57. The zero-order valence-electron chi connectivity index (χ0n) is 11.5. The van der Waals surface area contributed by atoms with E-state index in [-0.39, 0.29) is 0 Å². The third-order valence-electron chi connectivity index (χ3n) is 1.55. The van der Waals surface area contributed by atoms with E-state index in [0.29, 0.717) is 12.2 Å². The van der Waals surface area contributed by atoms with Crippen LogP contribution < -0.4 is 10.7 Å². The van der Waals surface area contributed by atoms with Crippen molar-refractivity contribution in [1.29, 1.82) is 5.26 Å².